The van der Waals surface area contributed by atoms with Crippen molar-refractivity contribution in [1.29, 1.82) is 0 Å². The Labute approximate surface area is 208 Å². The molecule has 2 amide bonds. The van der Waals surface area contributed by atoms with Gasteiger partial charge in [-0.05, 0) is 39.8 Å². The molecule has 12 heteroatoms. The molecule has 11 nitrogen and oxygen atoms in total. The van der Waals surface area contributed by atoms with Crippen molar-refractivity contribution in [2.45, 2.75) is 39.3 Å². The van der Waals surface area contributed by atoms with Crippen molar-refractivity contribution < 1.29 is 23.5 Å². The zero-order valence-corrected chi connectivity index (χ0v) is 21.2. The summed E-state index contributed by atoms with van der Waals surface area (Å²) in [7, 11) is 3.39. The minimum atomic E-state index is -0.573. The van der Waals surface area contributed by atoms with Crippen molar-refractivity contribution in [2.75, 3.05) is 37.0 Å². The number of carbonyl (C=O) groups is 2. The molecule has 1 aliphatic heterocycles. The van der Waals surface area contributed by atoms with E-state index in [9.17, 15) is 14.0 Å². The average molecular weight is 500 g/mol. The molecule has 0 spiro atoms. The fraction of sp³-hybridized carbons (Fsp3) is 0.458. The number of rotatable bonds is 6. The van der Waals surface area contributed by atoms with Crippen LogP contribution in [0.4, 0.5) is 20.8 Å². The van der Waals surface area contributed by atoms with Crippen molar-refractivity contribution in [1.82, 2.24) is 24.6 Å². The van der Waals surface area contributed by atoms with Gasteiger partial charge < -0.3 is 24.6 Å². The Morgan fingerprint density at radius 3 is 2.67 bits per heavy atom. The number of fused-ring (bicyclic) bond motifs is 1. The molecule has 3 heterocycles. The summed E-state index contributed by atoms with van der Waals surface area (Å²) in [5.74, 6) is -0.568. The number of benzene rings is 1. The highest BCUT2D eigenvalue weighted by molar-refractivity contribution is 6.06. The molecule has 192 valence electrons. The van der Waals surface area contributed by atoms with Gasteiger partial charge in [0.15, 0.2) is 5.82 Å². The summed E-state index contributed by atoms with van der Waals surface area (Å²) in [6.07, 6.45) is 2.65. The Hall–Kier alpha value is -3.96. The van der Waals surface area contributed by atoms with Crippen molar-refractivity contribution in [2.24, 2.45) is 7.05 Å². The van der Waals surface area contributed by atoms with Gasteiger partial charge in [0.2, 0.25) is 11.8 Å². The van der Waals surface area contributed by atoms with Crippen molar-refractivity contribution in [3.63, 3.8) is 0 Å². The van der Waals surface area contributed by atoms with Crippen molar-refractivity contribution in [3.8, 4) is 5.88 Å². The number of likely N-dealkylation sites (N-methyl/N-ethyl adjacent to an activating group) is 1. The number of halogens is 1. The highest BCUT2D eigenvalue weighted by atomic mass is 19.1. The summed E-state index contributed by atoms with van der Waals surface area (Å²) in [6, 6.07) is 2.80. The van der Waals surface area contributed by atoms with Crippen LogP contribution in [-0.4, -0.2) is 75.0 Å². The second-order valence-corrected chi connectivity index (χ2v) is 9.62. The molecule has 0 bridgehead atoms. The Balaban J connectivity index is 1.46. The first-order valence-corrected chi connectivity index (χ1v) is 11.6. The molecule has 0 radical (unpaired) electrons. The minimum Gasteiger partial charge on any atom is -0.477 e. The zero-order valence-electron chi connectivity index (χ0n) is 21.2. The minimum absolute atomic E-state index is 0.0562. The molecule has 3 aromatic rings. The zero-order chi connectivity index (χ0) is 26.2. The molecule has 1 N–H and O–H groups in total. The molecule has 36 heavy (non-hydrogen) atoms. The number of aryl methyl sites for hydroxylation is 1. The number of nitrogens with zero attached hydrogens (tertiary/aromatic N) is 6. The fourth-order valence-corrected chi connectivity index (χ4v) is 3.74. The van der Waals surface area contributed by atoms with Crippen LogP contribution in [0.3, 0.4) is 0 Å². The van der Waals surface area contributed by atoms with Crippen molar-refractivity contribution in [3.05, 3.63) is 35.9 Å². The second kappa shape index (κ2) is 9.59. The normalized spacial score (nSPS) is 13.9. The van der Waals surface area contributed by atoms with Gasteiger partial charge in [0, 0.05) is 50.7 Å². The predicted octanol–water partition coefficient (Wildman–Crippen LogP) is 3.21. The van der Waals surface area contributed by atoms with Gasteiger partial charge in [-0.2, -0.15) is 10.1 Å². The molecule has 2 aromatic heterocycles. The predicted molar refractivity (Wildman–Crippen MR) is 132 cm³/mol. The lowest BCUT2D eigenvalue weighted by Gasteiger charge is -2.43. The average Bonchev–Trinajstić information content (AvgIpc) is 3.12. The van der Waals surface area contributed by atoms with Crippen LogP contribution in [0, 0.1) is 5.82 Å². The lowest BCUT2D eigenvalue weighted by molar-refractivity contribution is 0.0195. The number of carbonyl (C=O) groups excluding carboxylic acids is 2. The van der Waals surface area contributed by atoms with Crippen LogP contribution in [-0.2, 0) is 11.8 Å². The highest BCUT2D eigenvalue weighted by Gasteiger charge is 2.36. The number of hydrogen-bond acceptors (Lipinski definition) is 8. The largest absolute Gasteiger partial charge is 0.477 e. The molecule has 0 atom stereocenters. The number of hydrogen-bond donors (Lipinski definition) is 1. The van der Waals surface area contributed by atoms with Crippen LogP contribution < -0.4 is 15.0 Å². The first-order chi connectivity index (χ1) is 16.9. The van der Waals surface area contributed by atoms with Gasteiger partial charge in [-0.25, -0.2) is 14.2 Å². The number of nitrogens with one attached hydrogen (secondary N) is 1. The van der Waals surface area contributed by atoms with Crippen LogP contribution in [0.15, 0.2) is 24.5 Å². The first-order valence-electron chi connectivity index (χ1n) is 11.6. The summed E-state index contributed by atoms with van der Waals surface area (Å²) in [5.41, 5.74) is 0.0507. The Kier molecular flexibility index (Phi) is 6.70. The lowest BCUT2D eigenvalue weighted by Crippen LogP contribution is -2.60. The molecule has 4 rings (SSSR count). The Morgan fingerprint density at radius 2 is 2.00 bits per heavy atom. The van der Waals surface area contributed by atoms with E-state index in [1.807, 2.05) is 25.7 Å². The summed E-state index contributed by atoms with van der Waals surface area (Å²) >= 11 is 0. The number of anilines is 2. The molecule has 1 aromatic carbocycles. The fourth-order valence-electron chi connectivity index (χ4n) is 3.74. The van der Waals surface area contributed by atoms with Gasteiger partial charge >= 0.3 is 6.09 Å². The summed E-state index contributed by atoms with van der Waals surface area (Å²) < 4.78 is 26.9. The molecule has 0 unspecified atom stereocenters. The SMILES string of the molecule is CCOc1nc(N2CC(N(C)C(=O)OC(C)(C)C)C2)ncc1C(=O)Nc1cc(F)c2nn(C)cc2c1. The van der Waals surface area contributed by atoms with E-state index in [1.165, 1.54) is 16.9 Å². The van der Waals surface area contributed by atoms with Gasteiger partial charge in [-0.3, -0.25) is 9.48 Å². The quantitative estimate of drug-likeness (QED) is 0.550. The van der Waals surface area contributed by atoms with Crippen molar-refractivity contribution >= 4 is 34.5 Å². The molecule has 1 fully saturated rings. The van der Waals surface area contributed by atoms with Crippen LogP contribution in [0.1, 0.15) is 38.1 Å². The van der Waals surface area contributed by atoms with Crippen LogP contribution in [0.2, 0.25) is 0 Å². The van der Waals surface area contributed by atoms with E-state index in [2.05, 4.69) is 20.4 Å². The van der Waals surface area contributed by atoms with E-state index in [4.69, 9.17) is 9.47 Å². The summed E-state index contributed by atoms with van der Waals surface area (Å²) in [6.45, 7) is 8.55. The van der Waals surface area contributed by atoms with Gasteiger partial charge in [-0.15, -0.1) is 0 Å². The maximum absolute atomic E-state index is 14.4. The van der Waals surface area contributed by atoms with Crippen LogP contribution >= 0.6 is 0 Å². The maximum atomic E-state index is 14.4. The van der Waals surface area contributed by atoms with Gasteiger partial charge in [0.25, 0.3) is 5.91 Å². The van der Waals surface area contributed by atoms with E-state index in [0.717, 1.165) is 0 Å². The smallest absolute Gasteiger partial charge is 0.410 e. The monoisotopic (exact) mass is 499 g/mol. The molecular weight excluding hydrogens is 469 g/mol. The third-order valence-corrected chi connectivity index (χ3v) is 5.58. The Morgan fingerprint density at radius 1 is 1.28 bits per heavy atom. The standard InChI is InChI=1S/C24H30FN7O4/c1-7-35-21-17(20(33)27-15-8-14-11-30(5)29-19(14)18(25)9-15)10-26-22(28-21)32-12-16(13-32)31(6)23(34)36-24(2,3)4/h8-11,16H,7,12-13H2,1-6H3,(H,27,33). The number of amides is 2. The summed E-state index contributed by atoms with van der Waals surface area (Å²) in [4.78, 5) is 37.5. The van der Waals surface area contributed by atoms with E-state index in [-0.39, 0.29) is 35.3 Å². The Bertz CT molecular complexity index is 1300. The van der Waals surface area contributed by atoms with Gasteiger partial charge in [-0.1, -0.05) is 0 Å². The molecule has 1 aliphatic rings. The van der Waals surface area contributed by atoms with Gasteiger partial charge in [0.1, 0.15) is 16.7 Å². The third kappa shape index (κ3) is 5.31. The van der Waals surface area contributed by atoms with E-state index >= 15 is 0 Å². The van der Waals surface area contributed by atoms with Gasteiger partial charge in [0.05, 0.1) is 12.6 Å². The van der Waals surface area contributed by atoms with Crippen LogP contribution in [0.5, 0.6) is 5.88 Å². The van der Waals surface area contributed by atoms with Crippen LogP contribution in [0.25, 0.3) is 10.9 Å². The maximum Gasteiger partial charge on any atom is 0.410 e. The lowest BCUT2D eigenvalue weighted by atomic mass is 10.1. The highest BCUT2D eigenvalue weighted by Crippen LogP contribution is 2.27. The molecular formula is C24H30FN7O4. The topological polar surface area (TPSA) is 115 Å². The summed E-state index contributed by atoms with van der Waals surface area (Å²) in [5, 5.41) is 7.31. The number of ether oxygens (including phenoxy) is 2. The van der Waals surface area contributed by atoms with E-state index in [1.54, 1.807) is 38.2 Å². The molecule has 0 aliphatic carbocycles. The second-order valence-electron chi connectivity index (χ2n) is 9.62. The molecule has 0 saturated carbocycles. The first kappa shape index (κ1) is 25.1. The van der Waals surface area contributed by atoms with E-state index < -0.39 is 23.4 Å². The van der Waals surface area contributed by atoms with E-state index in [0.29, 0.717) is 24.4 Å². The number of aromatic nitrogens is 4. The third-order valence-electron chi connectivity index (χ3n) is 5.58. The molecule has 1 saturated heterocycles.